The van der Waals surface area contributed by atoms with Crippen LogP contribution in [0, 0.1) is 5.41 Å². The third-order valence-corrected chi connectivity index (χ3v) is 7.20. The van der Waals surface area contributed by atoms with Gasteiger partial charge < -0.3 is 41.7 Å². The van der Waals surface area contributed by atoms with E-state index in [2.05, 4.69) is 22.5 Å². The van der Waals surface area contributed by atoms with Crippen LogP contribution in [0.3, 0.4) is 0 Å². The Bertz CT molecular complexity index is 1500. The molecule has 8 N–H and O–H groups in total. The number of hydrogen-bond donors (Lipinski definition) is 7. The van der Waals surface area contributed by atoms with Gasteiger partial charge in [0, 0.05) is 26.1 Å². The first-order valence-electron chi connectivity index (χ1n) is 14.1. The molecule has 0 bridgehead atoms. The van der Waals surface area contributed by atoms with Crippen LogP contribution in [-0.4, -0.2) is 75.5 Å². The summed E-state index contributed by atoms with van der Waals surface area (Å²) in [5.74, 6) is -1.15. The van der Waals surface area contributed by atoms with E-state index in [1.165, 1.54) is 34.1 Å². The Hall–Kier alpha value is -5.36. The highest BCUT2D eigenvalue weighted by atomic mass is 16.3. The van der Waals surface area contributed by atoms with Crippen LogP contribution in [0.1, 0.15) is 22.3 Å². The SMILES string of the molecule is C=CCNCC(=O)N1[C@@H](NC(=O)NCc2ccccc2)CN(Cc2ccc(O)c(C(=N)N)c2)C(=O)[C@@H]1Cc1ccc(O)cc1. The summed E-state index contributed by atoms with van der Waals surface area (Å²) >= 11 is 0. The van der Waals surface area contributed by atoms with Crippen molar-refractivity contribution in [1.82, 2.24) is 25.8 Å². The third kappa shape index (κ3) is 8.13. The fraction of sp³-hybridized carbons (Fsp3) is 0.250. The number of urea groups is 1. The van der Waals surface area contributed by atoms with E-state index < -0.39 is 18.2 Å². The van der Waals surface area contributed by atoms with E-state index in [0.717, 1.165) is 5.56 Å². The first kappa shape index (κ1) is 31.6. The second kappa shape index (κ2) is 14.7. The molecule has 44 heavy (non-hydrogen) atoms. The lowest BCUT2D eigenvalue weighted by molar-refractivity contribution is -0.157. The summed E-state index contributed by atoms with van der Waals surface area (Å²) < 4.78 is 0. The van der Waals surface area contributed by atoms with Gasteiger partial charge in [0.2, 0.25) is 11.8 Å². The van der Waals surface area contributed by atoms with Crippen molar-refractivity contribution >= 4 is 23.7 Å². The number of hydrogen-bond acceptors (Lipinski definition) is 7. The molecule has 0 saturated carbocycles. The summed E-state index contributed by atoms with van der Waals surface area (Å²) in [5, 5.41) is 36.4. The number of carbonyl (C=O) groups is 3. The van der Waals surface area contributed by atoms with Gasteiger partial charge in [-0.15, -0.1) is 6.58 Å². The minimum atomic E-state index is -0.991. The number of aromatic hydroxyl groups is 2. The van der Waals surface area contributed by atoms with Gasteiger partial charge in [-0.05, 0) is 41.0 Å². The molecule has 12 nitrogen and oxygen atoms in total. The molecule has 230 valence electrons. The smallest absolute Gasteiger partial charge is 0.316 e. The Morgan fingerprint density at radius 1 is 1.02 bits per heavy atom. The third-order valence-electron chi connectivity index (χ3n) is 7.20. The predicted octanol–water partition coefficient (Wildman–Crippen LogP) is 1.77. The number of carbonyl (C=O) groups excluding carboxylic acids is 3. The van der Waals surface area contributed by atoms with Crippen LogP contribution in [0.5, 0.6) is 11.5 Å². The van der Waals surface area contributed by atoms with E-state index in [9.17, 15) is 24.6 Å². The summed E-state index contributed by atoms with van der Waals surface area (Å²) in [4.78, 5) is 43.8. The Labute approximate surface area is 255 Å². The van der Waals surface area contributed by atoms with Crippen LogP contribution < -0.4 is 21.7 Å². The Morgan fingerprint density at radius 2 is 1.73 bits per heavy atom. The number of amides is 4. The second-order valence-corrected chi connectivity index (χ2v) is 10.4. The van der Waals surface area contributed by atoms with E-state index in [1.807, 2.05) is 30.3 Å². The molecule has 4 rings (SSSR count). The number of nitrogen functional groups attached to an aromatic ring is 1. The number of nitrogens with one attached hydrogen (secondary N) is 4. The molecule has 1 aliphatic heterocycles. The van der Waals surface area contributed by atoms with Crippen LogP contribution in [0.25, 0.3) is 0 Å². The fourth-order valence-corrected chi connectivity index (χ4v) is 5.05. The highest BCUT2D eigenvalue weighted by molar-refractivity contribution is 5.97. The van der Waals surface area contributed by atoms with Crippen molar-refractivity contribution in [3.8, 4) is 11.5 Å². The van der Waals surface area contributed by atoms with Crippen LogP contribution in [0.2, 0.25) is 0 Å². The van der Waals surface area contributed by atoms with E-state index in [1.54, 1.807) is 24.3 Å². The van der Waals surface area contributed by atoms with Crippen LogP contribution in [-0.2, 0) is 29.1 Å². The van der Waals surface area contributed by atoms with E-state index in [0.29, 0.717) is 17.7 Å². The molecule has 0 aromatic heterocycles. The van der Waals surface area contributed by atoms with Crippen molar-refractivity contribution in [1.29, 1.82) is 5.41 Å². The molecule has 4 amide bonds. The average molecular weight is 600 g/mol. The number of nitrogens with zero attached hydrogens (tertiary/aromatic N) is 2. The van der Waals surface area contributed by atoms with Crippen molar-refractivity contribution in [2.45, 2.75) is 31.7 Å². The highest BCUT2D eigenvalue weighted by Gasteiger charge is 2.43. The van der Waals surface area contributed by atoms with E-state index in [-0.39, 0.29) is 67.3 Å². The Balaban J connectivity index is 1.66. The molecule has 2 atom stereocenters. The first-order chi connectivity index (χ1) is 21.2. The highest BCUT2D eigenvalue weighted by Crippen LogP contribution is 2.25. The number of piperazine rings is 1. The zero-order valence-corrected chi connectivity index (χ0v) is 24.2. The first-order valence-corrected chi connectivity index (χ1v) is 14.1. The predicted molar refractivity (Wildman–Crippen MR) is 166 cm³/mol. The Kier molecular flexibility index (Phi) is 10.5. The van der Waals surface area contributed by atoms with Crippen LogP contribution >= 0.6 is 0 Å². The summed E-state index contributed by atoms with van der Waals surface area (Å²) in [6.45, 7) is 4.26. The molecule has 1 aliphatic rings. The molecule has 12 heteroatoms. The topological polar surface area (TPSA) is 184 Å². The molecule has 0 spiro atoms. The quantitative estimate of drug-likeness (QED) is 0.0716. The van der Waals surface area contributed by atoms with E-state index >= 15 is 0 Å². The minimum absolute atomic E-state index is 0.0207. The van der Waals surface area contributed by atoms with Gasteiger partial charge in [-0.2, -0.15) is 0 Å². The second-order valence-electron chi connectivity index (χ2n) is 10.4. The van der Waals surface area contributed by atoms with Gasteiger partial charge in [-0.25, -0.2) is 4.79 Å². The van der Waals surface area contributed by atoms with Crippen LogP contribution in [0.15, 0.2) is 85.5 Å². The maximum Gasteiger partial charge on any atom is 0.316 e. The molecule has 3 aromatic carbocycles. The number of benzene rings is 3. The van der Waals surface area contributed by atoms with Gasteiger partial charge in [0.05, 0.1) is 18.7 Å². The number of rotatable bonds is 12. The number of phenols is 2. The minimum Gasteiger partial charge on any atom is -0.508 e. The summed E-state index contributed by atoms with van der Waals surface area (Å²) in [6.07, 6.45) is 0.846. The normalized spacial score (nSPS) is 16.3. The summed E-state index contributed by atoms with van der Waals surface area (Å²) in [7, 11) is 0. The standard InChI is InChI=1S/C32H37N7O5/c1-2-14-35-18-29(42)39-26(16-21-8-11-24(40)12-9-21)31(43)38(19-23-10-13-27(41)25(15-23)30(33)34)20-28(39)37-32(44)36-17-22-6-4-3-5-7-22/h2-13,15,26,28,35,40-41H,1,14,16-20H2,(H3,33,34)(H2,36,37,44)/t26-,28+/m0/s1. The maximum absolute atomic E-state index is 14.1. The molecule has 0 aliphatic carbocycles. The summed E-state index contributed by atoms with van der Waals surface area (Å²) in [6, 6.07) is 18.8. The maximum atomic E-state index is 14.1. The van der Waals surface area contributed by atoms with E-state index in [4.69, 9.17) is 11.1 Å². The molecule has 1 fully saturated rings. The fourth-order valence-electron chi connectivity index (χ4n) is 5.05. The van der Waals surface area contributed by atoms with Crippen molar-refractivity contribution in [2.75, 3.05) is 19.6 Å². The largest absolute Gasteiger partial charge is 0.508 e. The van der Waals surface area contributed by atoms with Crippen molar-refractivity contribution in [3.05, 3.63) is 108 Å². The zero-order chi connectivity index (χ0) is 31.6. The van der Waals surface area contributed by atoms with Gasteiger partial charge >= 0.3 is 6.03 Å². The monoisotopic (exact) mass is 599 g/mol. The molecule has 1 heterocycles. The van der Waals surface area contributed by atoms with Gasteiger partial charge in [0.15, 0.2) is 0 Å². The molecule has 1 saturated heterocycles. The average Bonchev–Trinajstić information content (AvgIpc) is 3.01. The Morgan fingerprint density at radius 3 is 2.41 bits per heavy atom. The van der Waals surface area contributed by atoms with Crippen molar-refractivity contribution in [2.24, 2.45) is 5.73 Å². The molecular formula is C32H37N7O5. The molecular weight excluding hydrogens is 562 g/mol. The van der Waals surface area contributed by atoms with Gasteiger partial charge in [-0.3, -0.25) is 15.0 Å². The molecule has 3 aromatic rings. The summed E-state index contributed by atoms with van der Waals surface area (Å²) in [5.41, 5.74) is 7.96. The molecule has 0 radical (unpaired) electrons. The van der Waals surface area contributed by atoms with Crippen molar-refractivity contribution in [3.63, 3.8) is 0 Å². The van der Waals surface area contributed by atoms with Crippen molar-refractivity contribution < 1.29 is 24.6 Å². The van der Waals surface area contributed by atoms with Gasteiger partial charge in [0.1, 0.15) is 29.5 Å². The van der Waals surface area contributed by atoms with Gasteiger partial charge in [0.25, 0.3) is 0 Å². The lowest BCUT2D eigenvalue weighted by Crippen LogP contribution is -2.69. The van der Waals surface area contributed by atoms with Gasteiger partial charge in [-0.1, -0.05) is 54.6 Å². The zero-order valence-electron chi connectivity index (χ0n) is 24.2. The number of amidine groups is 1. The number of nitrogens with two attached hydrogens (primary N) is 1. The lowest BCUT2D eigenvalue weighted by atomic mass is 9.98. The van der Waals surface area contributed by atoms with Crippen LogP contribution in [0.4, 0.5) is 4.79 Å². The lowest BCUT2D eigenvalue weighted by Gasteiger charge is -2.46. The number of phenolic OH excluding ortho intramolecular Hbond substituents is 2. The molecule has 0 unspecified atom stereocenters.